The number of aromatic nitrogens is 3. The highest BCUT2D eigenvalue weighted by molar-refractivity contribution is 7.99. The number of anilines is 2. The molecule has 7 nitrogen and oxygen atoms in total. The van der Waals surface area contributed by atoms with Crippen molar-refractivity contribution in [3.05, 3.63) is 59.1 Å². The van der Waals surface area contributed by atoms with E-state index in [1.807, 2.05) is 39.8 Å². The molecule has 0 unspecified atom stereocenters. The van der Waals surface area contributed by atoms with Crippen molar-refractivity contribution in [2.45, 2.75) is 11.3 Å². The van der Waals surface area contributed by atoms with Crippen LogP contribution in [0.5, 0.6) is 0 Å². The average molecular weight is 498 g/mol. The van der Waals surface area contributed by atoms with Gasteiger partial charge in [0.1, 0.15) is 0 Å². The second-order valence-electron chi connectivity index (χ2n) is 7.08. The normalized spacial score (nSPS) is 14.4. The van der Waals surface area contributed by atoms with Crippen LogP contribution in [0, 0.1) is 0 Å². The van der Waals surface area contributed by atoms with E-state index in [-0.39, 0.29) is 16.5 Å². The standard InChI is InChI=1S/C21H19ClF3N5O2S/c22-14-6-7-17(16(12-14)21(23,24)25)26-18(31)13-33-20-28-27-19(29-8-10-32-11-9-29)30(20)15-4-2-1-3-5-15/h1-7,12H,8-11,13H2,(H,26,31). The summed E-state index contributed by atoms with van der Waals surface area (Å²) in [5.41, 5.74) is -0.546. The number of carbonyl (C=O) groups is 1. The molecule has 12 heteroatoms. The number of carbonyl (C=O) groups excluding carboxylic acids is 1. The Labute approximate surface area is 196 Å². The first-order valence-corrected chi connectivity index (χ1v) is 11.3. The number of thioether (sulfide) groups is 1. The molecule has 1 amide bonds. The van der Waals surface area contributed by atoms with Gasteiger partial charge in [-0.25, -0.2) is 0 Å². The van der Waals surface area contributed by atoms with Crippen LogP contribution in [0.25, 0.3) is 5.69 Å². The number of ether oxygens (including phenoxy) is 1. The van der Waals surface area contributed by atoms with Crippen molar-refractivity contribution < 1.29 is 22.7 Å². The lowest BCUT2D eigenvalue weighted by Crippen LogP contribution is -2.37. The molecule has 2 aromatic carbocycles. The molecule has 0 saturated carbocycles. The van der Waals surface area contributed by atoms with Gasteiger partial charge in [0, 0.05) is 18.1 Å². The molecule has 1 aromatic heterocycles. The highest BCUT2D eigenvalue weighted by atomic mass is 35.5. The predicted molar refractivity (Wildman–Crippen MR) is 120 cm³/mol. The van der Waals surface area contributed by atoms with Crippen molar-refractivity contribution in [1.29, 1.82) is 0 Å². The molecule has 2 heterocycles. The number of hydrogen-bond acceptors (Lipinski definition) is 6. The quantitative estimate of drug-likeness (QED) is 0.505. The maximum Gasteiger partial charge on any atom is 0.418 e. The van der Waals surface area contributed by atoms with Crippen LogP contribution in [0.15, 0.2) is 53.7 Å². The van der Waals surface area contributed by atoms with Crippen LogP contribution in [0.2, 0.25) is 5.02 Å². The molecule has 3 aromatic rings. The van der Waals surface area contributed by atoms with E-state index in [2.05, 4.69) is 15.5 Å². The monoisotopic (exact) mass is 497 g/mol. The number of rotatable bonds is 6. The SMILES string of the molecule is O=C(CSc1nnc(N2CCOCC2)n1-c1ccccc1)Nc1ccc(Cl)cc1C(F)(F)F. The van der Waals surface area contributed by atoms with Gasteiger partial charge in [0.15, 0.2) is 5.16 Å². The van der Waals surface area contributed by atoms with Gasteiger partial charge < -0.3 is 15.0 Å². The number of halogens is 4. The Morgan fingerprint density at radius 1 is 1.12 bits per heavy atom. The topological polar surface area (TPSA) is 72.3 Å². The van der Waals surface area contributed by atoms with Gasteiger partial charge in [-0.05, 0) is 30.3 Å². The summed E-state index contributed by atoms with van der Waals surface area (Å²) in [6.07, 6.45) is -4.65. The molecular formula is C21H19ClF3N5O2S. The molecule has 0 aliphatic carbocycles. The van der Waals surface area contributed by atoms with E-state index in [1.54, 1.807) is 0 Å². The number of alkyl halides is 3. The fraction of sp³-hybridized carbons (Fsp3) is 0.286. The Hall–Kier alpha value is -2.76. The zero-order chi connectivity index (χ0) is 23.4. The minimum absolute atomic E-state index is 0.0682. The molecule has 1 N–H and O–H groups in total. The van der Waals surface area contributed by atoms with Gasteiger partial charge in [-0.3, -0.25) is 9.36 Å². The van der Waals surface area contributed by atoms with Crippen LogP contribution in [0.1, 0.15) is 5.56 Å². The number of para-hydroxylation sites is 1. The van der Waals surface area contributed by atoms with E-state index < -0.39 is 17.6 Å². The van der Waals surface area contributed by atoms with E-state index in [0.29, 0.717) is 37.4 Å². The summed E-state index contributed by atoms with van der Waals surface area (Å²) in [6, 6.07) is 12.6. The summed E-state index contributed by atoms with van der Waals surface area (Å²) in [4.78, 5) is 14.5. The number of amides is 1. The average Bonchev–Trinajstić information content (AvgIpc) is 3.23. The van der Waals surface area contributed by atoms with Crippen molar-refractivity contribution in [3.8, 4) is 5.69 Å². The van der Waals surface area contributed by atoms with Gasteiger partial charge in [0.25, 0.3) is 0 Å². The Kier molecular flexibility index (Phi) is 7.11. The Balaban J connectivity index is 1.53. The van der Waals surface area contributed by atoms with Crippen molar-refractivity contribution in [2.75, 3.05) is 42.3 Å². The van der Waals surface area contributed by atoms with E-state index >= 15 is 0 Å². The van der Waals surface area contributed by atoms with E-state index in [1.165, 1.54) is 6.07 Å². The maximum atomic E-state index is 13.3. The number of hydrogen-bond donors (Lipinski definition) is 1. The zero-order valence-electron chi connectivity index (χ0n) is 17.2. The highest BCUT2D eigenvalue weighted by Crippen LogP contribution is 2.36. The van der Waals surface area contributed by atoms with Gasteiger partial charge >= 0.3 is 6.18 Å². The molecule has 0 atom stereocenters. The number of morpholine rings is 1. The Morgan fingerprint density at radius 2 is 1.85 bits per heavy atom. The molecule has 1 aliphatic rings. The molecule has 1 aliphatic heterocycles. The molecule has 4 rings (SSSR count). The smallest absolute Gasteiger partial charge is 0.378 e. The highest BCUT2D eigenvalue weighted by Gasteiger charge is 2.34. The van der Waals surface area contributed by atoms with Gasteiger partial charge in [-0.1, -0.05) is 41.6 Å². The first kappa shape index (κ1) is 23.4. The van der Waals surface area contributed by atoms with E-state index in [9.17, 15) is 18.0 Å². The van der Waals surface area contributed by atoms with Crippen LogP contribution in [0.4, 0.5) is 24.8 Å². The largest absolute Gasteiger partial charge is 0.418 e. The summed E-state index contributed by atoms with van der Waals surface area (Å²) >= 11 is 6.78. The minimum atomic E-state index is -4.65. The van der Waals surface area contributed by atoms with E-state index in [4.69, 9.17) is 16.3 Å². The molecule has 33 heavy (non-hydrogen) atoms. The third kappa shape index (κ3) is 5.60. The number of benzene rings is 2. The first-order valence-electron chi connectivity index (χ1n) is 9.96. The molecule has 0 bridgehead atoms. The van der Waals surface area contributed by atoms with Crippen LogP contribution in [0.3, 0.4) is 0 Å². The second-order valence-corrected chi connectivity index (χ2v) is 8.46. The van der Waals surface area contributed by atoms with E-state index in [0.717, 1.165) is 29.6 Å². The fourth-order valence-corrected chi connectivity index (χ4v) is 4.22. The van der Waals surface area contributed by atoms with Crippen LogP contribution >= 0.6 is 23.4 Å². The van der Waals surface area contributed by atoms with Gasteiger partial charge in [0.05, 0.1) is 35.9 Å². The Bertz CT molecular complexity index is 1120. The lowest BCUT2D eigenvalue weighted by molar-refractivity contribution is -0.137. The van der Waals surface area contributed by atoms with Gasteiger partial charge in [0.2, 0.25) is 11.9 Å². The second kappa shape index (κ2) is 10.0. The van der Waals surface area contributed by atoms with Crippen molar-refractivity contribution >= 4 is 40.9 Å². The lowest BCUT2D eigenvalue weighted by Gasteiger charge is -2.27. The third-order valence-corrected chi connectivity index (χ3v) is 5.98. The molecule has 1 saturated heterocycles. The molecular weight excluding hydrogens is 479 g/mol. The number of nitrogens with zero attached hydrogens (tertiary/aromatic N) is 4. The van der Waals surface area contributed by atoms with Crippen molar-refractivity contribution in [2.24, 2.45) is 0 Å². The molecule has 0 spiro atoms. The summed E-state index contributed by atoms with van der Waals surface area (Å²) in [6.45, 7) is 2.42. The molecule has 0 radical (unpaired) electrons. The van der Waals surface area contributed by atoms with Gasteiger partial charge in [-0.2, -0.15) is 13.2 Å². The van der Waals surface area contributed by atoms with Crippen LogP contribution in [-0.4, -0.2) is 52.7 Å². The first-order chi connectivity index (χ1) is 15.8. The summed E-state index contributed by atoms with van der Waals surface area (Å²) < 4.78 is 47.1. The fourth-order valence-electron chi connectivity index (χ4n) is 3.30. The number of nitrogens with one attached hydrogen (secondary N) is 1. The summed E-state index contributed by atoms with van der Waals surface area (Å²) in [7, 11) is 0. The van der Waals surface area contributed by atoms with Crippen LogP contribution < -0.4 is 10.2 Å². The maximum absolute atomic E-state index is 13.3. The van der Waals surface area contributed by atoms with Gasteiger partial charge in [-0.15, -0.1) is 10.2 Å². The molecule has 174 valence electrons. The summed E-state index contributed by atoms with van der Waals surface area (Å²) in [5, 5.41) is 11.2. The van der Waals surface area contributed by atoms with Crippen molar-refractivity contribution in [3.63, 3.8) is 0 Å². The third-order valence-electron chi connectivity index (χ3n) is 4.82. The summed E-state index contributed by atoms with van der Waals surface area (Å²) in [5.74, 6) is -0.151. The van der Waals surface area contributed by atoms with Crippen molar-refractivity contribution in [1.82, 2.24) is 14.8 Å². The zero-order valence-corrected chi connectivity index (χ0v) is 18.8. The minimum Gasteiger partial charge on any atom is -0.378 e. The predicted octanol–water partition coefficient (Wildman–Crippen LogP) is 4.51. The molecule has 1 fully saturated rings. The Morgan fingerprint density at radius 3 is 2.55 bits per heavy atom. The van der Waals surface area contributed by atoms with Crippen LogP contribution in [-0.2, 0) is 15.7 Å². The lowest BCUT2D eigenvalue weighted by atomic mass is 10.1.